The van der Waals surface area contributed by atoms with Crippen LogP contribution in [-0.2, 0) is 16.0 Å². The molecule has 1 amide bonds. The molecule has 0 saturated carbocycles. The number of ether oxygens (including phenoxy) is 1. The molecule has 5 heteroatoms. The molecule has 0 aromatic heterocycles. The van der Waals surface area contributed by atoms with Gasteiger partial charge >= 0.3 is 0 Å². The van der Waals surface area contributed by atoms with Crippen LogP contribution in [0.4, 0.5) is 0 Å². The molecule has 5 nitrogen and oxygen atoms in total. The highest BCUT2D eigenvalue weighted by Gasteiger charge is 2.14. The maximum absolute atomic E-state index is 11.7. The number of nitrogens with two attached hydrogens (primary N) is 1. The molecule has 1 aromatic carbocycles. The second-order valence-corrected chi connectivity index (χ2v) is 4.49. The standard InChI is InChI=1S/C14H22N2O3/c1-19-10-12(17)9-16-14(18)13(15)8-7-11-5-3-2-4-6-11/h2-6,12-13,17H,7-10,15H2,1H3,(H,16,18)/t12?,13-/m0/s1. The highest BCUT2D eigenvalue weighted by molar-refractivity contribution is 5.81. The zero-order chi connectivity index (χ0) is 14.1. The van der Waals surface area contributed by atoms with E-state index in [1.807, 2.05) is 30.3 Å². The van der Waals surface area contributed by atoms with Crippen LogP contribution in [0.1, 0.15) is 12.0 Å². The highest BCUT2D eigenvalue weighted by atomic mass is 16.5. The summed E-state index contributed by atoms with van der Waals surface area (Å²) in [6.07, 6.45) is 0.641. The van der Waals surface area contributed by atoms with E-state index >= 15 is 0 Å². The normalized spacial score (nSPS) is 13.8. The molecule has 0 aliphatic carbocycles. The van der Waals surface area contributed by atoms with E-state index in [1.165, 1.54) is 7.11 Å². The third-order valence-corrected chi connectivity index (χ3v) is 2.79. The summed E-state index contributed by atoms with van der Waals surface area (Å²) in [5, 5.41) is 12.0. The lowest BCUT2D eigenvalue weighted by molar-refractivity contribution is -0.123. The van der Waals surface area contributed by atoms with Crippen LogP contribution >= 0.6 is 0 Å². The molecule has 106 valence electrons. The van der Waals surface area contributed by atoms with Crippen molar-refractivity contribution in [3.63, 3.8) is 0 Å². The molecule has 0 bridgehead atoms. The molecule has 0 aliphatic rings. The number of aliphatic hydroxyl groups excluding tert-OH is 1. The predicted octanol–water partition coefficient (Wildman–Crippen LogP) is 0.0700. The van der Waals surface area contributed by atoms with Crippen LogP contribution in [0.2, 0.25) is 0 Å². The fourth-order valence-corrected chi connectivity index (χ4v) is 1.70. The van der Waals surface area contributed by atoms with E-state index in [0.29, 0.717) is 6.42 Å². The first-order valence-electron chi connectivity index (χ1n) is 6.37. The molecule has 1 rings (SSSR count). The predicted molar refractivity (Wildman–Crippen MR) is 73.6 cm³/mol. The molecule has 0 radical (unpaired) electrons. The molecule has 0 spiro atoms. The summed E-state index contributed by atoms with van der Waals surface area (Å²) in [5.41, 5.74) is 6.96. The number of amides is 1. The van der Waals surface area contributed by atoms with Gasteiger partial charge in [-0.05, 0) is 18.4 Å². The van der Waals surface area contributed by atoms with Gasteiger partial charge in [0.05, 0.1) is 18.8 Å². The SMILES string of the molecule is COCC(O)CNC(=O)[C@@H](N)CCc1ccccc1. The van der Waals surface area contributed by atoms with E-state index < -0.39 is 12.1 Å². The molecule has 2 atom stereocenters. The summed E-state index contributed by atoms with van der Waals surface area (Å²) in [6.45, 7) is 0.352. The van der Waals surface area contributed by atoms with Crippen molar-refractivity contribution in [1.82, 2.24) is 5.32 Å². The lowest BCUT2D eigenvalue weighted by Gasteiger charge is -2.14. The highest BCUT2D eigenvalue weighted by Crippen LogP contribution is 2.04. The van der Waals surface area contributed by atoms with Crippen molar-refractivity contribution in [3.05, 3.63) is 35.9 Å². The van der Waals surface area contributed by atoms with Gasteiger partial charge in [0, 0.05) is 13.7 Å². The summed E-state index contributed by atoms with van der Waals surface area (Å²) in [5.74, 6) is -0.244. The van der Waals surface area contributed by atoms with Crippen molar-refractivity contribution in [1.29, 1.82) is 0 Å². The Morgan fingerprint density at radius 2 is 2.11 bits per heavy atom. The summed E-state index contributed by atoms with van der Waals surface area (Å²) in [6, 6.07) is 9.33. The van der Waals surface area contributed by atoms with E-state index in [1.54, 1.807) is 0 Å². The van der Waals surface area contributed by atoms with Gasteiger partial charge in [0.1, 0.15) is 0 Å². The number of carbonyl (C=O) groups excluding carboxylic acids is 1. The van der Waals surface area contributed by atoms with E-state index in [-0.39, 0.29) is 19.1 Å². The molecule has 1 unspecified atom stereocenters. The zero-order valence-corrected chi connectivity index (χ0v) is 11.2. The van der Waals surface area contributed by atoms with Crippen molar-refractivity contribution >= 4 is 5.91 Å². The lowest BCUT2D eigenvalue weighted by Crippen LogP contribution is -2.44. The van der Waals surface area contributed by atoms with Crippen LogP contribution in [0.15, 0.2) is 30.3 Å². The Kier molecular flexibility index (Phi) is 7.10. The van der Waals surface area contributed by atoms with Crippen LogP contribution in [-0.4, -0.2) is 43.4 Å². The number of benzene rings is 1. The van der Waals surface area contributed by atoms with Gasteiger partial charge in [0.15, 0.2) is 0 Å². The Hall–Kier alpha value is -1.43. The summed E-state index contributed by atoms with van der Waals surface area (Å²) >= 11 is 0. The van der Waals surface area contributed by atoms with Gasteiger partial charge in [0.25, 0.3) is 0 Å². The average molecular weight is 266 g/mol. The molecular formula is C14H22N2O3. The van der Waals surface area contributed by atoms with Crippen LogP contribution in [0.25, 0.3) is 0 Å². The number of methoxy groups -OCH3 is 1. The van der Waals surface area contributed by atoms with Gasteiger partial charge in [-0.25, -0.2) is 0 Å². The number of hydrogen-bond acceptors (Lipinski definition) is 4. The minimum Gasteiger partial charge on any atom is -0.389 e. The first-order valence-corrected chi connectivity index (χ1v) is 6.37. The Bertz CT molecular complexity index is 370. The fraction of sp³-hybridized carbons (Fsp3) is 0.500. The van der Waals surface area contributed by atoms with E-state index in [0.717, 1.165) is 12.0 Å². The van der Waals surface area contributed by atoms with Gasteiger partial charge in [-0.1, -0.05) is 30.3 Å². The zero-order valence-electron chi connectivity index (χ0n) is 11.2. The Morgan fingerprint density at radius 1 is 1.42 bits per heavy atom. The van der Waals surface area contributed by atoms with E-state index in [9.17, 15) is 9.90 Å². The molecule has 0 saturated heterocycles. The maximum Gasteiger partial charge on any atom is 0.237 e. The average Bonchev–Trinajstić information content (AvgIpc) is 2.43. The third-order valence-electron chi connectivity index (χ3n) is 2.79. The van der Waals surface area contributed by atoms with E-state index in [4.69, 9.17) is 10.5 Å². The minimum absolute atomic E-state index is 0.158. The molecule has 19 heavy (non-hydrogen) atoms. The number of carbonyl (C=O) groups is 1. The maximum atomic E-state index is 11.7. The van der Waals surface area contributed by atoms with Crippen LogP contribution in [0.5, 0.6) is 0 Å². The molecule has 1 aromatic rings. The minimum atomic E-state index is -0.699. The smallest absolute Gasteiger partial charge is 0.237 e. The molecule has 4 N–H and O–H groups in total. The molecule has 0 fully saturated rings. The van der Waals surface area contributed by atoms with Crippen LogP contribution in [0.3, 0.4) is 0 Å². The largest absolute Gasteiger partial charge is 0.389 e. The van der Waals surface area contributed by atoms with Gasteiger partial charge in [0.2, 0.25) is 5.91 Å². The van der Waals surface area contributed by atoms with Crippen molar-refractivity contribution in [2.24, 2.45) is 5.73 Å². The number of aliphatic hydroxyl groups is 1. The fourth-order valence-electron chi connectivity index (χ4n) is 1.70. The second-order valence-electron chi connectivity index (χ2n) is 4.49. The van der Waals surface area contributed by atoms with Gasteiger partial charge in [-0.2, -0.15) is 0 Å². The monoisotopic (exact) mass is 266 g/mol. The molecule has 0 heterocycles. The van der Waals surface area contributed by atoms with Gasteiger partial charge < -0.3 is 20.9 Å². The number of nitrogens with one attached hydrogen (secondary N) is 1. The Morgan fingerprint density at radius 3 is 2.74 bits per heavy atom. The number of aryl methyl sites for hydroxylation is 1. The molecular weight excluding hydrogens is 244 g/mol. The number of hydrogen-bond donors (Lipinski definition) is 3. The van der Waals surface area contributed by atoms with Crippen LogP contribution < -0.4 is 11.1 Å². The molecule has 0 aliphatic heterocycles. The number of rotatable bonds is 8. The Balaban J connectivity index is 2.25. The van der Waals surface area contributed by atoms with Crippen LogP contribution in [0, 0.1) is 0 Å². The summed E-state index contributed by atoms with van der Waals surface area (Å²) in [7, 11) is 1.50. The van der Waals surface area contributed by atoms with Crippen molar-refractivity contribution < 1.29 is 14.6 Å². The lowest BCUT2D eigenvalue weighted by atomic mass is 10.1. The third kappa shape index (κ3) is 6.33. The Labute approximate surface area is 113 Å². The topological polar surface area (TPSA) is 84.6 Å². The van der Waals surface area contributed by atoms with E-state index in [2.05, 4.69) is 5.32 Å². The van der Waals surface area contributed by atoms with Gasteiger partial charge in [-0.3, -0.25) is 4.79 Å². The first-order chi connectivity index (χ1) is 9.13. The quantitative estimate of drug-likeness (QED) is 0.621. The van der Waals surface area contributed by atoms with Gasteiger partial charge in [-0.15, -0.1) is 0 Å². The first kappa shape index (κ1) is 15.6. The van der Waals surface area contributed by atoms with Crippen molar-refractivity contribution in [2.45, 2.75) is 25.0 Å². The van der Waals surface area contributed by atoms with Crippen molar-refractivity contribution in [2.75, 3.05) is 20.3 Å². The second kappa shape index (κ2) is 8.63. The summed E-state index contributed by atoms with van der Waals surface area (Å²) < 4.78 is 4.77. The van der Waals surface area contributed by atoms with Crippen molar-refractivity contribution in [3.8, 4) is 0 Å². The summed E-state index contributed by atoms with van der Waals surface area (Å²) in [4.78, 5) is 11.7.